The fraction of sp³-hybridized carbons (Fsp3) is 0.579. The van der Waals surface area contributed by atoms with Gasteiger partial charge in [-0.05, 0) is 61.1 Å². The topological polar surface area (TPSA) is 64.6 Å². The molecule has 1 saturated carbocycles. The van der Waals surface area contributed by atoms with Crippen LogP contribution in [0.3, 0.4) is 0 Å². The summed E-state index contributed by atoms with van der Waals surface area (Å²) in [5, 5.41) is 2.90. The van der Waals surface area contributed by atoms with Crippen LogP contribution in [-0.4, -0.2) is 32.3 Å². The summed E-state index contributed by atoms with van der Waals surface area (Å²) in [7, 11) is 2.85. The van der Waals surface area contributed by atoms with Gasteiger partial charge in [0, 0.05) is 6.04 Å². The third-order valence-electron chi connectivity index (χ3n) is 5.40. The molecular formula is C19H25NO4. The van der Waals surface area contributed by atoms with Gasteiger partial charge in [0.15, 0.2) is 0 Å². The molecule has 0 heterocycles. The molecule has 0 spiro atoms. The Morgan fingerprint density at radius 1 is 1.08 bits per heavy atom. The van der Waals surface area contributed by atoms with Crippen LogP contribution in [-0.2, 0) is 27.1 Å². The minimum absolute atomic E-state index is 0.00605. The zero-order valence-corrected chi connectivity index (χ0v) is 14.3. The predicted octanol–water partition coefficient (Wildman–Crippen LogP) is 2.96. The van der Waals surface area contributed by atoms with Crippen LogP contribution in [0.1, 0.15) is 48.3 Å². The minimum Gasteiger partial charge on any atom is -0.469 e. The molecule has 130 valence electrons. The number of hydrogen-bond acceptors (Lipinski definition) is 4. The number of carbonyl (C=O) groups excluding carboxylic acids is 2. The van der Waals surface area contributed by atoms with Crippen molar-refractivity contribution in [3.8, 4) is 0 Å². The standard InChI is InChI=1S/C19H25NO4/c1-23-18(21)16-6-5-12-9-13(3-4-14(12)10-16)15-7-8-17(11-15)20-19(22)24-2/h3-4,9,15-17H,5-8,10-11H2,1-2H3,(H,20,22). The second-order valence-electron chi connectivity index (χ2n) is 6.83. The number of rotatable bonds is 3. The Balaban J connectivity index is 1.65. The number of fused-ring (bicyclic) bond motifs is 1. The molecule has 0 radical (unpaired) electrons. The number of nitrogens with one attached hydrogen (secondary N) is 1. The molecule has 24 heavy (non-hydrogen) atoms. The average Bonchev–Trinajstić information content (AvgIpc) is 3.08. The third-order valence-corrected chi connectivity index (χ3v) is 5.40. The Morgan fingerprint density at radius 3 is 2.67 bits per heavy atom. The molecule has 0 saturated heterocycles. The van der Waals surface area contributed by atoms with Gasteiger partial charge < -0.3 is 14.8 Å². The van der Waals surface area contributed by atoms with Gasteiger partial charge >= 0.3 is 12.1 Å². The second kappa shape index (κ2) is 7.24. The molecule has 1 aromatic carbocycles. The van der Waals surface area contributed by atoms with Gasteiger partial charge in [-0.25, -0.2) is 4.79 Å². The maximum Gasteiger partial charge on any atom is 0.407 e. The minimum atomic E-state index is -0.347. The summed E-state index contributed by atoms with van der Waals surface area (Å²) in [4.78, 5) is 23.1. The van der Waals surface area contributed by atoms with Crippen molar-refractivity contribution in [3.05, 3.63) is 34.9 Å². The van der Waals surface area contributed by atoms with Gasteiger partial charge in [0.05, 0.1) is 20.1 Å². The number of methoxy groups -OCH3 is 2. The van der Waals surface area contributed by atoms with Crippen LogP contribution in [0, 0.1) is 5.92 Å². The number of hydrogen-bond donors (Lipinski definition) is 1. The van der Waals surface area contributed by atoms with E-state index >= 15 is 0 Å². The Bertz CT molecular complexity index is 628. The fourth-order valence-electron chi connectivity index (χ4n) is 4.04. The van der Waals surface area contributed by atoms with Gasteiger partial charge in [-0.2, -0.15) is 0 Å². The summed E-state index contributed by atoms with van der Waals surface area (Å²) in [5.74, 6) is 0.376. The molecule has 1 N–H and O–H groups in total. The van der Waals surface area contributed by atoms with E-state index in [-0.39, 0.29) is 24.0 Å². The van der Waals surface area contributed by atoms with Crippen molar-refractivity contribution in [2.75, 3.05) is 14.2 Å². The number of alkyl carbamates (subject to hydrolysis) is 1. The fourth-order valence-corrected chi connectivity index (χ4v) is 4.04. The van der Waals surface area contributed by atoms with Crippen molar-refractivity contribution in [1.29, 1.82) is 0 Å². The third kappa shape index (κ3) is 3.55. The molecule has 2 aliphatic carbocycles. The first-order valence-corrected chi connectivity index (χ1v) is 8.64. The van der Waals surface area contributed by atoms with Gasteiger partial charge in [-0.3, -0.25) is 4.79 Å². The lowest BCUT2D eigenvalue weighted by molar-refractivity contribution is -0.145. The molecule has 1 amide bonds. The lowest BCUT2D eigenvalue weighted by Gasteiger charge is -2.24. The zero-order valence-electron chi connectivity index (χ0n) is 14.3. The molecular weight excluding hydrogens is 306 g/mol. The summed E-state index contributed by atoms with van der Waals surface area (Å²) in [6.45, 7) is 0. The van der Waals surface area contributed by atoms with E-state index in [4.69, 9.17) is 4.74 Å². The van der Waals surface area contributed by atoms with Crippen molar-refractivity contribution in [1.82, 2.24) is 5.32 Å². The summed E-state index contributed by atoms with van der Waals surface area (Å²) < 4.78 is 9.56. The lowest BCUT2D eigenvalue weighted by Crippen LogP contribution is -2.32. The molecule has 1 aromatic rings. The monoisotopic (exact) mass is 331 g/mol. The largest absolute Gasteiger partial charge is 0.469 e. The van der Waals surface area contributed by atoms with Gasteiger partial charge in [-0.1, -0.05) is 18.2 Å². The zero-order chi connectivity index (χ0) is 17.1. The van der Waals surface area contributed by atoms with E-state index in [2.05, 4.69) is 28.3 Å². The summed E-state index contributed by atoms with van der Waals surface area (Å²) >= 11 is 0. The number of benzene rings is 1. The van der Waals surface area contributed by atoms with Gasteiger partial charge in [-0.15, -0.1) is 0 Å². The molecule has 3 unspecified atom stereocenters. The average molecular weight is 331 g/mol. The first-order valence-electron chi connectivity index (χ1n) is 8.64. The highest BCUT2D eigenvalue weighted by molar-refractivity contribution is 5.73. The van der Waals surface area contributed by atoms with Crippen LogP contribution in [0.2, 0.25) is 0 Å². The summed E-state index contributed by atoms with van der Waals surface area (Å²) in [6, 6.07) is 6.85. The number of amides is 1. The quantitative estimate of drug-likeness (QED) is 0.865. The highest BCUT2D eigenvalue weighted by Gasteiger charge is 2.29. The van der Waals surface area contributed by atoms with Crippen molar-refractivity contribution in [2.24, 2.45) is 5.92 Å². The Hall–Kier alpha value is -2.04. The number of carbonyl (C=O) groups is 2. The summed E-state index contributed by atoms with van der Waals surface area (Å²) in [6.07, 6.45) is 5.25. The SMILES string of the molecule is COC(=O)NC1CCC(c2ccc3c(c2)CCC(C(=O)OC)C3)C1. The molecule has 5 nitrogen and oxygen atoms in total. The van der Waals surface area contributed by atoms with Crippen molar-refractivity contribution in [3.63, 3.8) is 0 Å². The van der Waals surface area contributed by atoms with Crippen molar-refractivity contribution >= 4 is 12.1 Å². The maximum absolute atomic E-state index is 11.7. The van der Waals surface area contributed by atoms with Crippen LogP contribution in [0.15, 0.2) is 18.2 Å². The van der Waals surface area contributed by atoms with Crippen LogP contribution in [0.5, 0.6) is 0 Å². The first kappa shape index (κ1) is 16.8. The van der Waals surface area contributed by atoms with E-state index in [1.54, 1.807) is 0 Å². The molecule has 0 aromatic heterocycles. The van der Waals surface area contributed by atoms with Crippen LogP contribution in [0.25, 0.3) is 0 Å². The predicted molar refractivity (Wildman–Crippen MR) is 89.9 cm³/mol. The van der Waals surface area contributed by atoms with E-state index in [0.717, 1.165) is 38.5 Å². The Morgan fingerprint density at radius 2 is 1.92 bits per heavy atom. The van der Waals surface area contributed by atoms with Gasteiger partial charge in [0.2, 0.25) is 0 Å². The smallest absolute Gasteiger partial charge is 0.407 e. The summed E-state index contributed by atoms with van der Waals surface area (Å²) in [5.41, 5.74) is 3.97. The van der Waals surface area contributed by atoms with Gasteiger partial charge in [0.25, 0.3) is 0 Å². The number of aryl methyl sites for hydroxylation is 1. The molecule has 2 aliphatic rings. The van der Waals surface area contributed by atoms with E-state index < -0.39 is 0 Å². The van der Waals surface area contributed by atoms with Crippen LogP contribution >= 0.6 is 0 Å². The molecule has 3 rings (SSSR count). The molecule has 1 fully saturated rings. The molecule has 0 aliphatic heterocycles. The van der Waals surface area contributed by atoms with Crippen molar-refractivity contribution < 1.29 is 19.1 Å². The molecule has 0 bridgehead atoms. The van der Waals surface area contributed by atoms with Crippen molar-refractivity contribution in [2.45, 2.75) is 50.5 Å². The second-order valence-corrected chi connectivity index (χ2v) is 6.83. The van der Waals surface area contributed by atoms with E-state index in [9.17, 15) is 9.59 Å². The van der Waals surface area contributed by atoms with Gasteiger partial charge in [0.1, 0.15) is 0 Å². The Labute approximate surface area is 142 Å². The molecule has 3 atom stereocenters. The Kier molecular flexibility index (Phi) is 5.07. The number of ether oxygens (including phenoxy) is 2. The van der Waals surface area contributed by atoms with Crippen LogP contribution < -0.4 is 5.32 Å². The highest BCUT2D eigenvalue weighted by Crippen LogP contribution is 2.37. The maximum atomic E-state index is 11.7. The lowest BCUT2D eigenvalue weighted by atomic mass is 9.82. The highest BCUT2D eigenvalue weighted by atomic mass is 16.5. The normalized spacial score (nSPS) is 25.7. The molecule has 5 heteroatoms. The van der Waals surface area contributed by atoms with E-state index in [1.807, 2.05) is 0 Å². The van der Waals surface area contributed by atoms with Crippen LogP contribution in [0.4, 0.5) is 4.79 Å². The van der Waals surface area contributed by atoms with E-state index in [1.165, 1.54) is 30.9 Å². The van der Waals surface area contributed by atoms with E-state index in [0.29, 0.717) is 5.92 Å². The number of esters is 1. The first-order chi connectivity index (χ1) is 11.6.